The lowest BCUT2D eigenvalue weighted by atomic mass is 10.1. The molecule has 22 heavy (non-hydrogen) atoms. The topological polar surface area (TPSA) is 46.2 Å². The number of thioether (sulfide) groups is 1. The van der Waals surface area contributed by atoms with Gasteiger partial charge in [0.15, 0.2) is 0 Å². The van der Waals surface area contributed by atoms with Gasteiger partial charge in [-0.25, -0.2) is 13.1 Å². The monoisotopic (exact) mass is 335 g/mol. The van der Waals surface area contributed by atoms with E-state index in [4.69, 9.17) is 0 Å². The molecule has 0 aliphatic rings. The minimum atomic E-state index is -3.45. The Kier molecular flexibility index (Phi) is 6.06. The van der Waals surface area contributed by atoms with E-state index >= 15 is 0 Å². The SMILES string of the molecule is CSc1ccc(S(=O)(=O)N[C@H](C)CCc2ccccc2)cc1. The summed E-state index contributed by atoms with van der Waals surface area (Å²) in [6.07, 6.45) is 3.59. The highest BCUT2D eigenvalue weighted by molar-refractivity contribution is 7.98. The molecule has 2 rings (SSSR count). The van der Waals surface area contributed by atoms with Gasteiger partial charge in [-0.15, -0.1) is 11.8 Å². The lowest BCUT2D eigenvalue weighted by molar-refractivity contribution is 0.547. The lowest BCUT2D eigenvalue weighted by Crippen LogP contribution is -2.32. The zero-order valence-corrected chi connectivity index (χ0v) is 14.5. The van der Waals surface area contributed by atoms with Crippen LogP contribution in [0.4, 0.5) is 0 Å². The number of hydrogen-bond acceptors (Lipinski definition) is 3. The third kappa shape index (κ3) is 4.87. The fraction of sp³-hybridized carbons (Fsp3) is 0.294. The van der Waals surface area contributed by atoms with Gasteiger partial charge in [-0.1, -0.05) is 30.3 Å². The minimum Gasteiger partial charge on any atom is -0.208 e. The van der Waals surface area contributed by atoms with Crippen LogP contribution in [0.5, 0.6) is 0 Å². The average Bonchev–Trinajstić information content (AvgIpc) is 2.53. The van der Waals surface area contributed by atoms with Crippen molar-refractivity contribution in [3.63, 3.8) is 0 Å². The smallest absolute Gasteiger partial charge is 0.208 e. The van der Waals surface area contributed by atoms with Gasteiger partial charge in [-0.05, 0) is 55.9 Å². The van der Waals surface area contributed by atoms with Crippen LogP contribution in [0.25, 0.3) is 0 Å². The highest BCUT2D eigenvalue weighted by atomic mass is 32.2. The molecular formula is C17H21NO2S2. The van der Waals surface area contributed by atoms with Crippen molar-refractivity contribution < 1.29 is 8.42 Å². The molecule has 2 aromatic carbocycles. The van der Waals surface area contributed by atoms with Crippen molar-refractivity contribution >= 4 is 21.8 Å². The molecular weight excluding hydrogens is 314 g/mol. The van der Waals surface area contributed by atoms with Crippen molar-refractivity contribution in [2.45, 2.75) is 35.6 Å². The first-order valence-corrected chi connectivity index (χ1v) is 9.92. The van der Waals surface area contributed by atoms with Gasteiger partial charge in [0.2, 0.25) is 10.0 Å². The van der Waals surface area contributed by atoms with Crippen LogP contribution in [-0.4, -0.2) is 20.7 Å². The van der Waals surface area contributed by atoms with Gasteiger partial charge < -0.3 is 0 Å². The predicted octanol–water partition coefficient (Wildman–Crippen LogP) is 3.71. The molecule has 0 heterocycles. The fourth-order valence-corrected chi connectivity index (χ4v) is 3.86. The first-order valence-electron chi connectivity index (χ1n) is 7.21. The molecule has 0 saturated heterocycles. The van der Waals surface area contributed by atoms with Crippen LogP contribution in [0, 0.1) is 0 Å². The van der Waals surface area contributed by atoms with E-state index in [1.54, 1.807) is 23.9 Å². The third-order valence-electron chi connectivity index (χ3n) is 3.43. The first kappa shape index (κ1) is 17.1. The largest absolute Gasteiger partial charge is 0.240 e. The summed E-state index contributed by atoms with van der Waals surface area (Å²) in [7, 11) is -3.45. The minimum absolute atomic E-state index is 0.106. The second-order valence-corrected chi connectivity index (χ2v) is 7.82. The highest BCUT2D eigenvalue weighted by Gasteiger charge is 2.17. The van der Waals surface area contributed by atoms with Gasteiger partial charge in [0.05, 0.1) is 4.90 Å². The van der Waals surface area contributed by atoms with Gasteiger partial charge >= 0.3 is 0 Å². The Bertz CT molecular complexity index is 682. The van der Waals surface area contributed by atoms with Crippen molar-refractivity contribution in [1.29, 1.82) is 0 Å². The Labute approximate surface area is 137 Å². The van der Waals surface area contributed by atoms with E-state index in [9.17, 15) is 8.42 Å². The summed E-state index contributed by atoms with van der Waals surface area (Å²) in [6.45, 7) is 1.90. The summed E-state index contributed by atoms with van der Waals surface area (Å²) in [6, 6.07) is 16.9. The maximum Gasteiger partial charge on any atom is 0.240 e. The summed E-state index contributed by atoms with van der Waals surface area (Å²) in [5, 5.41) is 0. The Morgan fingerprint density at radius 3 is 2.27 bits per heavy atom. The summed E-state index contributed by atoms with van der Waals surface area (Å²) < 4.78 is 27.4. The van der Waals surface area contributed by atoms with Crippen LogP contribution < -0.4 is 4.72 Å². The second-order valence-electron chi connectivity index (χ2n) is 5.22. The van der Waals surface area contributed by atoms with Crippen molar-refractivity contribution in [2.75, 3.05) is 6.26 Å². The molecule has 0 radical (unpaired) electrons. The molecule has 0 aliphatic carbocycles. The van der Waals surface area contributed by atoms with Gasteiger partial charge in [0, 0.05) is 10.9 Å². The zero-order valence-electron chi connectivity index (χ0n) is 12.8. The molecule has 0 amide bonds. The zero-order chi connectivity index (χ0) is 16.0. The number of aryl methyl sites for hydroxylation is 1. The van der Waals surface area contributed by atoms with Crippen LogP contribution in [-0.2, 0) is 16.4 Å². The van der Waals surface area contributed by atoms with Crippen molar-refractivity contribution in [2.24, 2.45) is 0 Å². The Hall–Kier alpha value is -1.30. The molecule has 3 nitrogen and oxygen atoms in total. The van der Waals surface area contributed by atoms with E-state index in [0.717, 1.165) is 17.7 Å². The summed E-state index contributed by atoms with van der Waals surface area (Å²) in [5.41, 5.74) is 1.22. The van der Waals surface area contributed by atoms with Crippen LogP contribution in [0.15, 0.2) is 64.4 Å². The van der Waals surface area contributed by atoms with Gasteiger partial charge in [0.1, 0.15) is 0 Å². The standard InChI is InChI=1S/C17H21NO2S2/c1-14(8-9-15-6-4-3-5-7-15)18-22(19,20)17-12-10-16(21-2)11-13-17/h3-7,10-14,18H,8-9H2,1-2H3/t14-/m1/s1. The molecule has 118 valence electrons. The van der Waals surface area contributed by atoms with Gasteiger partial charge in [-0.2, -0.15) is 0 Å². The van der Waals surface area contributed by atoms with Gasteiger partial charge in [-0.3, -0.25) is 0 Å². The van der Waals surface area contributed by atoms with E-state index in [1.807, 2.05) is 43.5 Å². The summed E-state index contributed by atoms with van der Waals surface area (Å²) >= 11 is 1.59. The van der Waals surface area contributed by atoms with E-state index in [-0.39, 0.29) is 6.04 Å². The number of nitrogens with one attached hydrogen (secondary N) is 1. The number of benzene rings is 2. The fourth-order valence-electron chi connectivity index (χ4n) is 2.17. The molecule has 0 fully saturated rings. The van der Waals surface area contributed by atoms with Crippen molar-refractivity contribution in [1.82, 2.24) is 4.72 Å². The van der Waals surface area contributed by atoms with E-state index in [2.05, 4.69) is 16.9 Å². The number of hydrogen-bond donors (Lipinski definition) is 1. The quantitative estimate of drug-likeness (QED) is 0.785. The molecule has 2 aromatic rings. The molecule has 0 unspecified atom stereocenters. The van der Waals surface area contributed by atoms with E-state index < -0.39 is 10.0 Å². The lowest BCUT2D eigenvalue weighted by Gasteiger charge is -2.14. The number of rotatable bonds is 7. The first-order chi connectivity index (χ1) is 10.5. The molecule has 1 atom stereocenters. The van der Waals surface area contributed by atoms with Crippen molar-refractivity contribution in [3.05, 3.63) is 60.2 Å². The molecule has 0 aliphatic heterocycles. The Morgan fingerprint density at radius 2 is 1.68 bits per heavy atom. The normalized spacial score (nSPS) is 13.0. The second kappa shape index (κ2) is 7.81. The molecule has 5 heteroatoms. The predicted molar refractivity (Wildman–Crippen MR) is 92.8 cm³/mol. The Morgan fingerprint density at radius 1 is 1.05 bits per heavy atom. The van der Waals surface area contributed by atoms with Crippen LogP contribution in [0.1, 0.15) is 18.9 Å². The van der Waals surface area contributed by atoms with Crippen LogP contribution in [0.3, 0.4) is 0 Å². The molecule has 0 bridgehead atoms. The summed E-state index contributed by atoms with van der Waals surface area (Å²) in [5.74, 6) is 0. The molecule has 1 N–H and O–H groups in total. The van der Waals surface area contributed by atoms with Crippen LogP contribution >= 0.6 is 11.8 Å². The van der Waals surface area contributed by atoms with E-state index in [0.29, 0.717) is 4.90 Å². The highest BCUT2D eigenvalue weighted by Crippen LogP contribution is 2.18. The van der Waals surface area contributed by atoms with E-state index in [1.165, 1.54) is 5.56 Å². The Balaban J connectivity index is 1.95. The molecule has 0 spiro atoms. The molecule has 0 saturated carbocycles. The van der Waals surface area contributed by atoms with Gasteiger partial charge in [0.25, 0.3) is 0 Å². The average molecular weight is 335 g/mol. The van der Waals surface area contributed by atoms with Crippen molar-refractivity contribution in [3.8, 4) is 0 Å². The number of sulfonamides is 1. The maximum absolute atomic E-state index is 12.3. The third-order valence-corrected chi connectivity index (χ3v) is 5.78. The maximum atomic E-state index is 12.3. The summed E-state index contributed by atoms with van der Waals surface area (Å²) in [4.78, 5) is 1.37. The van der Waals surface area contributed by atoms with Crippen LogP contribution in [0.2, 0.25) is 0 Å². The molecule has 0 aromatic heterocycles.